The molecule has 142 valence electrons. The van der Waals surface area contributed by atoms with Gasteiger partial charge in [0.1, 0.15) is 0 Å². The summed E-state index contributed by atoms with van der Waals surface area (Å²) in [4.78, 5) is 18.8. The second kappa shape index (κ2) is 7.24. The number of benzene rings is 1. The monoisotopic (exact) mass is 386 g/mol. The Hall–Kier alpha value is -2.52. The van der Waals surface area contributed by atoms with Crippen LogP contribution in [0, 0.1) is 6.92 Å². The van der Waals surface area contributed by atoms with Gasteiger partial charge in [-0.2, -0.15) is 0 Å². The van der Waals surface area contributed by atoms with Crippen molar-refractivity contribution >= 4 is 32.6 Å². The number of anilines is 2. The summed E-state index contributed by atoms with van der Waals surface area (Å²) in [6.07, 6.45) is 2.57. The number of nitrogens with zero attached hydrogens (tertiary/aromatic N) is 4. The van der Waals surface area contributed by atoms with E-state index in [2.05, 4.69) is 30.2 Å². The summed E-state index contributed by atoms with van der Waals surface area (Å²) in [7, 11) is -2.83. The maximum atomic E-state index is 11.5. The van der Waals surface area contributed by atoms with Crippen molar-refractivity contribution in [3.8, 4) is 0 Å². The lowest BCUT2D eigenvalue weighted by Gasteiger charge is -2.26. The Kier molecular flexibility index (Phi) is 4.79. The van der Waals surface area contributed by atoms with Crippen molar-refractivity contribution in [1.29, 1.82) is 0 Å². The van der Waals surface area contributed by atoms with E-state index >= 15 is 0 Å². The van der Waals surface area contributed by atoms with Crippen LogP contribution in [0.3, 0.4) is 0 Å². The second-order valence-corrected chi connectivity index (χ2v) is 9.08. The fourth-order valence-electron chi connectivity index (χ4n) is 3.20. The SMILES string of the molecule is Cc1nc(Nc2ncc(CCN3CCS(=O)(=O)CC3)[nH]2)nc2ccccc12. The molecule has 3 heterocycles. The van der Waals surface area contributed by atoms with Crippen LogP contribution in [0.5, 0.6) is 0 Å². The molecule has 4 rings (SSSR count). The van der Waals surface area contributed by atoms with Gasteiger partial charge in [-0.05, 0) is 13.0 Å². The second-order valence-electron chi connectivity index (χ2n) is 6.78. The summed E-state index contributed by atoms with van der Waals surface area (Å²) in [5.74, 6) is 1.61. The topological polar surface area (TPSA) is 104 Å². The Balaban J connectivity index is 1.38. The molecule has 1 aliphatic rings. The lowest BCUT2D eigenvalue weighted by molar-refractivity contribution is 0.298. The predicted molar refractivity (Wildman–Crippen MR) is 105 cm³/mol. The highest BCUT2D eigenvalue weighted by Gasteiger charge is 2.21. The standard InChI is InChI=1S/C18H22N6O2S/c1-13-15-4-2-3-5-16(15)22-18(20-13)23-17-19-12-14(21-17)6-7-24-8-10-27(25,26)11-9-24/h2-5,12H,6-11H2,1H3,(H2,19,20,21,22,23). The number of H-pyrrole nitrogens is 1. The van der Waals surface area contributed by atoms with E-state index in [1.165, 1.54) is 0 Å². The normalized spacial score (nSPS) is 17.2. The lowest BCUT2D eigenvalue weighted by atomic mass is 10.2. The minimum atomic E-state index is -2.83. The van der Waals surface area contributed by atoms with Crippen molar-refractivity contribution in [2.75, 3.05) is 36.5 Å². The van der Waals surface area contributed by atoms with E-state index in [-0.39, 0.29) is 11.5 Å². The van der Waals surface area contributed by atoms with Crippen molar-refractivity contribution in [2.24, 2.45) is 0 Å². The highest BCUT2D eigenvalue weighted by atomic mass is 32.2. The summed E-state index contributed by atoms with van der Waals surface area (Å²) in [5.41, 5.74) is 2.79. The van der Waals surface area contributed by atoms with E-state index < -0.39 is 9.84 Å². The van der Waals surface area contributed by atoms with Crippen molar-refractivity contribution in [3.05, 3.63) is 41.9 Å². The summed E-state index contributed by atoms with van der Waals surface area (Å²) in [6.45, 7) is 3.97. The zero-order chi connectivity index (χ0) is 18.9. The Morgan fingerprint density at radius 2 is 1.96 bits per heavy atom. The number of aromatic amines is 1. The molecule has 3 aromatic rings. The minimum absolute atomic E-state index is 0.251. The number of aryl methyl sites for hydroxylation is 1. The molecule has 0 aliphatic carbocycles. The van der Waals surface area contributed by atoms with Crippen molar-refractivity contribution in [1.82, 2.24) is 24.8 Å². The van der Waals surface area contributed by atoms with Crippen molar-refractivity contribution in [2.45, 2.75) is 13.3 Å². The first-order valence-electron chi connectivity index (χ1n) is 8.96. The summed E-state index contributed by atoms with van der Waals surface area (Å²) >= 11 is 0. The first-order valence-corrected chi connectivity index (χ1v) is 10.8. The molecule has 0 radical (unpaired) electrons. The van der Waals surface area contributed by atoms with E-state index in [1.807, 2.05) is 31.2 Å². The van der Waals surface area contributed by atoms with E-state index in [1.54, 1.807) is 6.20 Å². The van der Waals surface area contributed by atoms with E-state index in [9.17, 15) is 8.42 Å². The van der Waals surface area contributed by atoms with Crippen LogP contribution in [0.1, 0.15) is 11.4 Å². The number of hydrogen-bond acceptors (Lipinski definition) is 7. The molecular weight excluding hydrogens is 364 g/mol. The third-order valence-electron chi connectivity index (χ3n) is 4.79. The quantitative estimate of drug-likeness (QED) is 0.687. The van der Waals surface area contributed by atoms with E-state index in [0.717, 1.165) is 35.3 Å². The van der Waals surface area contributed by atoms with Crippen LogP contribution in [0.25, 0.3) is 10.9 Å². The highest BCUT2D eigenvalue weighted by molar-refractivity contribution is 7.91. The molecule has 9 heteroatoms. The lowest BCUT2D eigenvalue weighted by Crippen LogP contribution is -2.41. The van der Waals surface area contributed by atoms with Crippen molar-refractivity contribution < 1.29 is 8.42 Å². The van der Waals surface area contributed by atoms with Crippen LogP contribution >= 0.6 is 0 Å². The molecule has 0 bridgehead atoms. The first kappa shape index (κ1) is 17.9. The van der Waals surface area contributed by atoms with Gasteiger partial charge in [0.05, 0.1) is 28.9 Å². The van der Waals surface area contributed by atoms with E-state index in [0.29, 0.717) is 25.0 Å². The largest absolute Gasteiger partial charge is 0.328 e. The molecule has 1 saturated heterocycles. The number of nitrogens with one attached hydrogen (secondary N) is 2. The fraction of sp³-hybridized carbons (Fsp3) is 0.389. The van der Waals surface area contributed by atoms with Gasteiger partial charge in [0.2, 0.25) is 11.9 Å². The van der Waals surface area contributed by atoms with Gasteiger partial charge in [0.15, 0.2) is 9.84 Å². The molecule has 8 nitrogen and oxygen atoms in total. The number of imidazole rings is 1. The molecule has 1 aromatic carbocycles. The Bertz CT molecular complexity index is 1050. The van der Waals surface area contributed by atoms with Crippen molar-refractivity contribution in [3.63, 3.8) is 0 Å². The zero-order valence-electron chi connectivity index (χ0n) is 15.1. The van der Waals surface area contributed by atoms with E-state index in [4.69, 9.17) is 0 Å². The van der Waals surface area contributed by atoms with Gasteiger partial charge in [0.25, 0.3) is 0 Å². The molecule has 0 unspecified atom stereocenters. The molecule has 2 aromatic heterocycles. The Labute approximate surface area is 158 Å². The molecule has 0 saturated carbocycles. The molecule has 1 aliphatic heterocycles. The number of para-hydroxylation sites is 1. The molecule has 1 fully saturated rings. The predicted octanol–water partition coefficient (Wildman–Crippen LogP) is 1.68. The highest BCUT2D eigenvalue weighted by Crippen LogP contribution is 2.18. The van der Waals surface area contributed by atoms with Crippen LogP contribution < -0.4 is 5.32 Å². The number of sulfone groups is 1. The third-order valence-corrected chi connectivity index (χ3v) is 6.40. The van der Waals surface area contributed by atoms with Gasteiger partial charge in [-0.3, -0.25) is 5.32 Å². The summed E-state index contributed by atoms with van der Waals surface area (Å²) < 4.78 is 23.0. The maximum absolute atomic E-state index is 11.5. The molecular formula is C18H22N6O2S. The van der Waals surface area contributed by atoms with Gasteiger partial charge in [-0.25, -0.2) is 23.4 Å². The fourth-order valence-corrected chi connectivity index (χ4v) is 4.48. The first-order chi connectivity index (χ1) is 13.0. The summed E-state index contributed by atoms with van der Waals surface area (Å²) in [6, 6.07) is 7.89. The Morgan fingerprint density at radius 1 is 1.19 bits per heavy atom. The number of fused-ring (bicyclic) bond motifs is 1. The van der Waals surface area contributed by atoms with Gasteiger partial charge in [-0.1, -0.05) is 18.2 Å². The molecule has 0 atom stereocenters. The molecule has 0 spiro atoms. The van der Waals surface area contributed by atoms with Gasteiger partial charge < -0.3 is 9.88 Å². The zero-order valence-corrected chi connectivity index (χ0v) is 16.0. The number of hydrogen-bond donors (Lipinski definition) is 2. The average molecular weight is 386 g/mol. The third kappa shape index (κ3) is 4.25. The van der Waals surface area contributed by atoms with Crippen LogP contribution in [-0.2, 0) is 16.3 Å². The van der Waals surface area contributed by atoms with Crippen LogP contribution in [0.15, 0.2) is 30.5 Å². The van der Waals surface area contributed by atoms with Crippen LogP contribution in [-0.4, -0.2) is 64.4 Å². The average Bonchev–Trinajstić information content (AvgIpc) is 3.08. The van der Waals surface area contributed by atoms with Crippen LogP contribution in [0.4, 0.5) is 11.9 Å². The maximum Gasteiger partial charge on any atom is 0.230 e. The van der Waals surface area contributed by atoms with Crippen LogP contribution in [0.2, 0.25) is 0 Å². The number of aromatic nitrogens is 4. The number of rotatable bonds is 5. The molecule has 0 amide bonds. The molecule has 27 heavy (non-hydrogen) atoms. The smallest absolute Gasteiger partial charge is 0.230 e. The van der Waals surface area contributed by atoms with Gasteiger partial charge in [-0.15, -0.1) is 0 Å². The molecule has 2 N–H and O–H groups in total. The minimum Gasteiger partial charge on any atom is -0.328 e. The van der Waals surface area contributed by atoms with Gasteiger partial charge in [0, 0.05) is 37.1 Å². The van der Waals surface area contributed by atoms with Gasteiger partial charge >= 0.3 is 0 Å². The summed E-state index contributed by atoms with van der Waals surface area (Å²) in [5, 5.41) is 4.16. The Morgan fingerprint density at radius 3 is 2.78 bits per heavy atom.